The quantitative estimate of drug-likeness (QED) is 0.455. The fraction of sp³-hybridized carbons (Fsp3) is 0.136. The molecule has 3 rings (SSSR count). The topological polar surface area (TPSA) is 110 Å². The first-order valence-corrected chi connectivity index (χ1v) is 10.8. The number of hydrogen-bond donors (Lipinski definition) is 1. The van der Waals surface area contributed by atoms with Crippen LogP contribution in [0.15, 0.2) is 71.6 Å². The zero-order chi connectivity index (χ0) is 22.8. The summed E-state index contributed by atoms with van der Waals surface area (Å²) in [5.74, 6) is -0.459. The van der Waals surface area contributed by atoms with Gasteiger partial charge in [0.25, 0.3) is 21.6 Å². The van der Waals surface area contributed by atoms with Crippen molar-refractivity contribution in [3.8, 4) is 0 Å². The van der Waals surface area contributed by atoms with Gasteiger partial charge >= 0.3 is 0 Å². The summed E-state index contributed by atoms with van der Waals surface area (Å²) >= 11 is 0. The van der Waals surface area contributed by atoms with Gasteiger partial charge < -0.3 is 5.32 Å². The fourth-order valence-electron chi connectivity index (χ4n) is 2.98. The highest BCUT2D eigenvalue weighted by molar-refractivity contribution is 7.92. The summed E-state index contributed by atoms with van der Waals surface area (Å²) in [4.78, 5) is 23.3. The Bertz CT molecular complexity index is 1240. The van der Waals surface area contributed by atoms with Crippen molar-refractivity contribution in [3.63, 3.8) is 0 Å². The van der Waals surface area contributed by atoms with Crippen LogP contribution in [0.3, 0.4) is 0 Å². The second-order valence-corrected chi connectivity index (χ2v) is 8.96. The second kappa shape index (κ2) is 8.57. The van der Waals surface area contributed by atoms with Crippen molar-refractivity contribution in [2.45, 2.75) is 18.7 Å². The standard InChI is InChI=1S/C22H21N3O5S/c1-15-7-13-19(14-8-15)31(29,30)24(3)18-11-9-17(10-12-18)22(26)23-20-5-4-6-21(16(20)2)25(27)28/h4-14H,1-3H3,(H,23,26). The maximum atomic E-state index is 12.8. The maximum Gasteiger partial charge on any atom is 0.274 e. The third-order valence-corrected chi connectivity index (χ3v) is 6.72. The fourth-order valence-corrected chi connectivity index (χ4v) is 4.18. The van der Waals surface area contributed by atoms with E-state index in [4.69, 9.17) is 0 Å². The molecule has 31 heavy (non-hydrogen) atoms. The summed E-state index contributed by atoms with van der Waals surface area (Å²) in [5, 5.41) is 13.7. The molecule has 1 amide bonds. The predicted octanol–water partition coefficient (Wildman–Crippen LogP) is 4.29. The van der Waals surface area contributed by atoms with Crippen molar-refractivity contribution >= 4 is 33.0 Å². The van der Waals surface area contributed by atoms with E-state index in [1.54, 1.807) is 37.3 Å². The molecule has 0 aliphatic rings. The van der Waals surface area contributed by atoms with Gasteiger partial charge in [0.2, 0.25) is 0 Å². The van der Waals surface area contributed by atoms with E-state index in [-0.39, 0.29) is 16.1 Å². The first kappa shape index (κ1) is 22.0. The molecule has 0 radical (unpaired) electrons. The van der Waals surface area contributed by atoms with Crippen LogP contribution in [0, 0.1) is 24.0 Å². The van der Waals surface area contributed by atoms with E-state index in [0.717, 1.165) is 9.87 Å². The second-order valence-electron chi connectivity index (χ2n) is 6.99. The summed E-state index contributed by atoms with van der Waals surface area (Å²) in [6.45, 7) is 3.43. The monoisotopic (exact) mass is 439 g/mol. The third kappa shape index (κ3) is 4.56. The number of nitro groups is 1. The molecule has 1 N–H and O–H groups in total. The molecule has 0 atom stereocenters. The van der Waals surface area contributed by atoms with Crippen LogP contribution in [0.25, 0.3) is 0 Å². The molecule has 0 aromatic heterocycles. The van der Waals surface area contributed by atoms with Crippen LogP contribution in [0.1, 0.15) is 21.5 Å². The molecule has 160 valence electrons. The van der Waals surface area contributed by atoms with Crippen LogP contribution in [0.4, 0.5) is 17.1 Å². The molecule has 0 fully saturated rings. The van der Waals surface area contributed by atoms with Gasteiger partial charge in [0.15, 0.2) is 0 Å². The Labute approximate surface area is 180 Å². The van der Waals surface area contributed by atoms with E-state index in [2.05, 4.69) is 5.32 Å². The Morgan fingerprint density at radius 1 is 0.968 bits per heavy atom. The molecule has 0 saturated heterocycles. The summed E-state index contributed by atoms with van der Waals surface area (Å²) < 4.78 is 26.8. The number of nitro benzene ring substituents is 1. The van der Waals surface area contributed by atoms with Gasteiger partial charge in [-0.05, 0) is 56.3 Å². The Hall–Kier alpha value is -3.72. The van der Waals surface area contributed by atoms with Crippen molar-refractivity contribution in [1.29, 1.82) is 0 Å². The predicted molar refractivity (Wildman–Crippen MR) is 119 cm³/mol. The molecule has 3 aromatic rings. The van der Waals surface area contributed by atoms with Crippen molar-refractivity contribution < 1.29 is 18.1 Å². The zero-order valence-corrected chi connectivity index (χ0v) is 18.0. The molecule has 3 aromatic carbocycles. The van der Waals surface area contributed by atoms with Gasteiger partial charge in [0, 0.05) is 18.7 Å². The van der Waals surface area contributed by atoms with Crippen LogP contribution >= 0.6 is 0 Å². The van der Waals surface area contributed by atoms with Crippen molar-refractivity contribution in [2.75, 3.05) is 16.7 Å². The van der Waals surface area contributed by atoms with Gasteiger partial charge in [-0.1, -0.05) is 23.8 Å². The molecular weight excluding hydrogens is 418 g/mol. The van der Waals surface area contributed by atoms with Crippen molar-refractivity contribution in [2.24, 2.45) is 0 Å². The highest BCUT2D eigenvalue weighted by Crippen LogP contribution is 2.26. The van der Waals surface area contributed by atoms with Gasteiger partial charge in [-0.3, -0.25) is 19.2 Å². The van der Waals surface area contributed by atoms with Gasteiger partial charge in [0.05, 0.1) is 26.8 Å². The maximum absolute atomic E-state index is 12.8. The van der Waals surface area contributed by atoms with Crippen molar-refractivity contribution in [3.05, 3.63) is 93.5 Å². The average molecular weight is 439 g/mol. The van der Waals surface area contributed by atoms with Crippen LogP contribution in [-0.2, 0) is 10.0 Å². The Morgan fingerprint density at radius 2 is 1.58 bits per heavy atom. The van der Waals surface area contributed by atoms with Crippen LogP contribution < -0.4 is 9.62 Å². The minimum absolute atomic E-state index is 0.0870. The number of aryl methyl sites for hydroxylation is 1. The number of nitrogens with one attached hydrogen (secondary N) is 1. The van der Waals surface area contributed by atoms with Gasteiger partial charge in [-0.2, -0.15) is 0 Å². The normalized spacial score (nSPS) is 11.1. The zero-order valence-electron chi connectivity index (χ0n) is 17.2. The number of carbonyl (C=O) groups excluding carboxylic acids is 1. The van der Waals surface area contributed by atoms with E-state index in [1.165, 1.54) is 43.4 Å². The highest BCUT2D eigenvalue weighted by atomic mass is 32.2. The molecule has 0 aliphatic heterocycles. The Kier molecular flexibility index (Phi) is 6.07. The number of nitrogens with zero attached hydrogens (tertiary/aromatic N) is 2. The smallest absolute Gasteiger partial charge is 0.274 e. The number of rotatable bonds is 6. The number of carbonyl (C=O) groups is 1. The lowest BCUT2D eigenvalue weighted by atomic mass is 10.1. The summed E-state index contributed by atoms with van der Waals surface area (Å²) in [6, 6.07) is 17.0. The molecule has 8 nitrogen and oxygen atoms in total. The summed E-state index contributed by atoms with van der Waals surface area (Å²) in [5.41, 5.74) is 2.23. The van der Waals surface area contributed by atoms with E-state index < -0.39 is 20.9 Å². The Morgan fingerprint density at radius 3 is 2.16 bits per heavy atom. The minimum Gasteiger partial charge on any atom is -0.321 e. The molecule has 0 bridgehead atoms. The number of anilines is 2. The molecule has 0 aliphatic carbocycles. The van der Waals surface area contributed by atoms with Crippen LogP contribution in [-0.4, -0.2) is 26.3 Å². The van der Waals surface area contributed by atoms with Crippen LogP contribution in [0.2, 0.25) is 0 Å². The number of benzene rings is 3. The Balaban J connectivity index is 1.80. The minimum atomic E-state index is -3.74. The summed E-state index contributed by atoms with van der Waals surface area (Å²) in [7, 11) is -2.30. The van der Waals surface area contributed by atoms with E-state index >= 15 is 0 Å². The highest BCUT2D eigenvalue weighted by Gasteiger charge is 2.21. The van der Waals surface area contributed by atoms with Gasteiger partial charge in [-0.25, -0.2) is 8.42 Å². The molecule has 0 unspecified atom stereocenters. The molecule has 0 heterocycles. The van der Waals surface area contributed by atoms with Gasteiger partial charge in [-0.15, -0.1) is 0 Å². The SMILES string of the molecule is Cc1ccc(S(=O)(=O)N(C)c2ccc(C(=O)Nc3cccc([N+](=O)[O-])c3C)cc2)cc1. The average Bonchev–Trinajstić information content (AvgIpc) is 2.74. The van der Waals surface area contributed by atoms with E-state index in [9.17, 15) is 23.3 Å². The van der Waals surface area contributed by atoms with Crippen LogP contribution in [0.5, 0.6) is 0 Å². The van der Waals surface area contributed by atoms with E-state index in [0.29, 0.717) is 16.9 Å². The van der Waals surface area contributed by atoms with Crippen molar-refractivity contribution in [1.82, 2.24) is 0 Å². The third-order valence-electron chi connectivity index (χ3n) is 4.92. The molecular formula is C22H21N3O5S. The summed E-state index contributed by atoms with van der Waals surface area (Å²) in [6.07, 6.45) is 0. The first-order chi connectivity index (χ1) is 14.6. The molecule has 9 heteroatoms. The lowest BCUT2D eigenvalue weighted by molar-refractivity contribution is -0.385. The van der Waals surface area contributed by atoms with E-state index in [1.807, 2.05) is 6.92 Å². The first-order valence-electron chi connectivity index (χ1n) is 9.32. The largest absolute Gasteiger partial charge is 0.321 e. The number of amides is 1. The molecule has 0 saturated carbocycles. The van der Waals surface area contributed by atoms with Gasteiger partial charge in [0.1, 0.15) is 0 Å². The number of hydrogen-bond acceptors (Lipinski definition) is 5. The number of sulfonamides is 1. The lowest BCUT2D eigenvalue weighted by Crippen LogP contribution is -2.26. The lowest BCUT2D eigenvalue weighted by Gasteiger charge is -2.20. The molecule has 0 spiro atoms.